The van der Waals surface area contributed by atoms with Crippen molar-refractivity contribution in [1.82, 2.24) is 4.98 Å². The molecule has 0 saturated heterocycles. The summed E-state index contributed by atoms with van der Waals surface area (Å²) in [6.45, 7) is 0. The number of rotatable bonds is 1. The molecule has 0 bridgehead atoms. The molecule has 80 valence electrons. The van der Waals surface area contributed by atoms with Crippen molar-refractivity contribution in [2.45, 2.75) is 6.18 Å². The van der Waals surface area contributed by atoms with E-state index >= 15 is 0 Å². The van der Waals surface area contributed by atoms with E-state index in [1.165, 1.54) is 7.11 Å². The number of alkyl halides is 3. The van der Waals surface area contributed by atoms with E-state index in [2.05, 4.69) is 20.9 Å². The molecule has 0 aliphatic rings. The van der Waals surface area contributed by atoms with E-state index < -0.39 is 11.9 Å². The van der Waals surface area contributed by atoms with Gasteiger partial charge in [0.05, 0.1) is 17.8 Å². The number of hydrogen-bond donors (Lipinski definition) is 0. The van der Waals surface area contributed by atoms with Crippen LogP contribution in [0.15, 0.2) is 16.7 Å². The Morgan fingerprint density at radius 2 is 2.00 bits per heavy atom. The van der Waals surface area contributed by atoms with Gasteiger partial charge in [0, 0.05) is 0 Å². The molecule has 0 unspecified atom stereocenters. The maximum Gasteiger partial charge on any atom is 0.433 e. The topological polar surface area (TPSA) is 22.1 Å². The van der Waals surface area contributed by atoms with Gasteiger partial charge in [-0.2, -0.15) is 13.2 Å². The lowest BCUT2D eigenvalue weighted by Crippen LogP contribution is -2.07. The minimum atomic E-state index is -4.42. The van der Waals surface area contributed by atoms with Crippen molar-refractivity contribution in [3.63, 3.8) is 0 Å². The fourth-order valence-electron chi connectivity index (χ4n) is 0.723. The van der Waals surface area contributed by atoms with Gasteiger partial charge in [0.2, 0.25) is 0 Å². The molecule has 0 aliphatic carbocycles. The molecule has 0 aromatic carbocycles. The highest BCUT2D eigenvalue weighted by Gasteiger charge is 2.32. The van der Waals surface area contributed by atoms with Crippen LogP contribution in [-0.2, 0) is 6.18 Å². The van der Waals surface area contributed by atoms with Crippen molar-refractivity contribution in [1.29, 1.82) is 0 Å². The van der Waals surface area contributed by atoms with Crippen molar-refractivity contribution in [3.05, 3.63) is 22.4 Å². The summed E-state index contributed by atoms with van der Waals surface area (Å²) in [6, 6.07) is 0.874. The summed E-state index contributed by atoms with van der Waals surface area (Å²) in [5, 5.41) is 0. The second-order valence-corrected chi connectivity index (χ2v) is 3.06. The molecule has 0 atom stereocenters. The zero-order valence-electron chi connectivity index (χ0n) is 6.93. The Labute approximate surface area is 97.4 Å². The molecule has 1 aromatic rings. The highest BCUT2D eigenvalue weighted by atomic mass is 79.9. The number of hydrogen-bond acceptors (Lipinski definition) is 2. The van der Waals surface area contributed by atoms with Crippen molar-refractivity contribution >= 4 is 32.9 Å². The van der Waals surface area contributed by atoms with Crippen LogP contribution in [0.5, 0.6) is 5.75 Å². The first-order valence-electron chi connectivity index (χ1n) is 3.22. The molecule has 0 radical (unpaired) electrons. The smallest absolute Gasteiger partial charge is 0.433 e. The molecule has 0 spiro atoms. The number of aromatic nitrogens is 1. The van der Waals surface area contributed by atoms with Gasteiger partial charge in [-0.15, -0.1) is 17.0 Å². The number of halogens is 5. The van der Waals surface area contributed by atoms with Gasteiger partial charge in [-0.1, -0.05) is 0 Å². The minimum Gasteiger partial charge on any atom is -0.494 e. The monoisotopic (exact) mass is 335 g/mol. The van der Waals surface area contributed by atoms with E-state index in [1.54, 1.807) is 0 Å². The molecule has 0 fully saturated rings. The largest absolute Gasteiger partial charge is 0.494 e. The number of ether oxygens (including phenoxy) is 1. The normalized spacial score (nSPS) is 10.6. The van der Waals surface area contributed by atoms with Gasteiger partial charge in [-0.3, -0.25) is 0 Å². The zero-order chi connectivity index (χ0) is 10.1. The first kappa shape index (κ1) is 13.7. The molecule has 7 heteroatoms. The SMILES string of the molecule is Br.COc1cnc(C(F)(F)F)cc1Br. The third kappa shape index (κ3) is 3.13. The maximum absolute atomic E-state index is 12.1. The van der Waals surface area contributed by atoms with E-state index in [0.717, 1.165) is 12.3 Å². The van der Waals surface area contributed by atoms with E-state index in [0.29, 0.717) is 0 Å². The number of pyridine rings is 1. The van der Waals surface area contributed by atoms with Crippen molar-refractivity contribution in [3.8, 4) is 5.75 Å². The Morgan fingerprint density at radius 1 is 1.43 bits per heavy atom. The van der Waals surface area contributed by atoms with Gasteiger partial charge in [0.15, 0.2) is 5.75 Å². The second kappa shape index (κ2) is 4.97. The van der Waals surface area contributed by atoms with Gasteiger partial charge in [-0.25, -0.2) is 4.98 Å². The van der Waals surface area contributed by atoms with Crippen LogP contribution >= 0.6 is 32.9 Å². The van der Waals surface area contributed by atoms with Gasteiger partial charge < -0.3 is 4.74 Å². The lowest BCUT2D eigenvalue weighted by molar-refractivity contribution is -0.141. The third-order valence-electron chi connectivity index (χ3n) is 1.33. The number of methoxy groups -OCH3 is 1. The molecular weight excluding hydrogens is 331 g/mol. The molecule has 0 aliphatic heterocycles. The van der Waals surface area contributed by atoms with Crippen LogP contribution in [-0.4, -0.2) is 12.1 Å². The quantitative estimate of drug-likeness (QED) is 0.783. The molecule has 1 heterocycles. The predicted octanol–water partition coefficient (Wildman–Crippen LogP) is 3.45. The molecule has 0 N–H and O–H groups in total. The summed E-state index contributed by atoms with van der Waals surface area (Å²) < 4.78 is 41.2. The van der Waals surface area contributed by atoms with Crippen molar-refractivity contribution < 1.29 is 17.9 Å². The summed E-state index contributed by atoms with van der Waals surface area (Å²) in [5.74, 6) is 0.271. The van der Waals surface area contributed by atoms with Crippen LogP contribution in [0.1, 0.15) is 5.69 Å². The molecule has 1 aromatic heterocycles. The lowest BCUT2D eigenvalue weighted by atomic mass is 10.3. The van der Waals surface area contributed by atoms with Gasteiger partial charge >= 0.3 is 6.18 Å². The van der Waals surface area contributed by atoms with Crippen molar-refractivity contribution in [2.24, 2.45) is 0 Å². The minimum absolute atomic E-state index is 0. The molecular formula is C7H6Br2F3NO. The van der Waals surface area contributed by atoms with Crippen LogP contribution in [0.2, 0.25) is 0 Å². The summed E-state index contributed by atoms with van der Waals surface area (Å²) in [6.07, 6.45) is -3.40. The Hall–Kier alpha value is -0.300. The standard InChI is InChI=1S/C7H5BrF3NO.BrH/c1-13-5-3-12-6(2-4(5)8)7(9,10)11;/h2-3H,1H3;1H. The van der Waals surface area contributed by atoms with E-state index in [1.807, 2.05) is 0 Å². The first-order chi connectivity index (χ1) is 5.95. The summed E-state index contributed by atoms with van der Waals surface area (Å²) in [4.78, 5) is 3.20. The second-order valence-electron chi connectivity index (χ2n) is 2.20. The lowest BCUT2D eigenvalue weighted by Gasteiger charge is -2.07. The zero-order valence-corrected chi connectivity index (χ0v) is 10.2. The van der Waals surface area contributed by atoms with Crippen LogP contribution in [0.4, 0.5) is 13.2 Å². The van der Waals surface area contributed by atoms with Crippen molar-refractivity contribution in [2.75, 3.05) is 7.11 Å². The summed E-state index contributed by atoms with van der Waals surface area (Å²) in [7, 11) is 1.36. The van der Waals surface area contributed by atoms with Gasteiger partial charge in [0.25, 0.3) is 0 Å². The highest BCUT2D eigenvalue weighted by Crippen LogP contribution is 2.32. The average Bonchev–Trinajstić information content (AvgIpc) is 2.02. The molecule has 14 heavy (non-hydrogen) atoms. The highest BCUT2D eigenvalue weighted by molar-refractivity contribution is 9.10. The summed E-state index contributed by atoms with van der Waals surface area (Å²) in [5.41, 5.74) is -0.944. The van der Waals surface area contributed by atoms with Gasteiger partial charge in [-0.05, 0) is 22.0 Å². The van der Waals surface area contributed by atoms with E-state index in [4.69, 9.17) is 4.74 Å². The maximum atomic E-state index is 12.1. The van der Waals surface area contributed by atoms with E-state index in [9.17, 15) is 13.2 Å². The van der Waals surface area contributed by atoms with E-state index in [-0.39, 0.29) is 27.2 Å². The van der Waals surface area contributed by atoms with Crippen LogP contribution in [0.3, 0.4) is 0 Å². The first-order valence-corrected chi connectivity index (χ1v) is 4.01. The van der Waals surface area contributed by atoms with Crippen LogP contribution in [0.25, 0.3) is 0 Å². The molecule has 0 saturated carbocycles. The number of nitrogens with zero attached hydrogens (tertiary/aromatic N) is 1. The molecule has 0 amide bonds. The fraction of sp³-hybridized carbons (Fsp3) is 0.286. The van der Waals surface area contributed by atoms with Crippen LogP contribution < -0.4 is 4.74 Å². The Kier molecular flexibility index (Phi) is 4.87. The summed E-state index contributed by atoms with van der Waals surface area (Å²) >= 11 is 2.93. The third-order valence-corrected chi connectivity index (χ3v) is 1.95. The van der Waals surface area contributed by atoms with Gasteiger partial charge in [0.1, 0.15) is 5.69 Å². The molecule has 2 nitrogen and oxygen atoms in total. The Morgan fingerprint density at radius 3 is 2.36 bits per heavy atom. The average molecular weight is 337 g/mol. The Bertz CT molecular complexity index is 316. The predicted molar refractivity (Wildman–Crippen MR) is 53.8 cm³/mol. The fourth-order valence-corrected chi connectivity index (χ4v) is 1.20. The molecule has 1 rings (SSSR count). The Balaban J connectivity index is 0.00000169. The van der Waals surface area contributed by atoms with Crippen LogP contribution in [0, 0.1) is 0 Å².